The third-order valence-corrected chi connectivity index (χ3v) is 4.34. The van der Waals surface area contributed by atoms with Gasteiger partial charge in [-0.1, -0.05) is 50.7 Å². The van der Waals surface area contributed by atoms with Gasteiger partial charge in [-0.25, -0.2) is 9.89 Å². The number of aromatic nitrogens is 3. The van der Waals surface area contributed by atoms with Crippen LogP contribution in [-0.4, -0.2) is 26.4 Å². The molecular weight excluding hydrogens is 312 g/mol. The van der Waals surface area contributed by atoms with Crippen molar-refractivity contribution in [2.24, 2.45) is 0 Å². The number of hydrogen-bond acceptors (Lipinski definition) is 4. The highest BCUT2D eigenvalue weighted by Gasteiger charge is 2.12. The zero-order valence-electron chi connectivity index (χ0n) is 13.6. The number of anilines is 1. The van der Waals surface area contributed by atoms with Crippen molar-refractivity contribution < 1.29 is 4.79 Å². The van der Waals surface area contributed by atoms with Crippen LogP contribution in [0.1, 0.15) is 38.7 Å². The summed E-state index contributed by atoms with van der Waals surface area (Å²) in [5.74, 6) is 0.433. The van der Waals surface area contributed by atoms with Gasteiger partial charge in [0.25, 0.3) is 0 Å². The molecule has 2 aromatic rings. The molecular formula is C16H22N4O2S. The zero-order chi connectivity index (χ0) is 16.8. The Hall–Kier alpha value is -2.02. The smallest absolute Gasteiger partial charge is 0.325 e. The van der Waals surface area contributed by atoms with Gasteiger partial charge in [0.1, 0.15) is 0 Å². The number of hydrogen-bond donors (Lipinski definition) is 2. The predicted octanol–water partition coefficient (Wildman–Crippen LogP) is 2.84. The summed E-state index contributed by atoms with van der Waals surface area (Å²) in [5, 5.41) is 9.87. The van der Waals surface area contributed by atoms with Crippen LogP contribution in [0.4, 0.5) is 5.69 Å². The molecule has 0 aliphatic rings. The quantitative estimate of drug-likeness (QED) is 0.763. The molecule has 23 heavy (non-hydrogen) atoms. The second-order valence-electron chi connectivity index (χ2n) is 5.54. The van der Waals surface area contributed by atoms with Crippen molar-refractivity contribution in [1.29, 1.82) is 0 Å². The van der Waals surface area contributed by atoms with Crippen LogP contribution in [0.25, 0.3) is 0 Å². The number of carbonyl (C=O) groups is 1. The van der Waals surface area contributed by atoms with E-state index in [4.69, 9.17) is 0 Å². The Morgan fingerprint density at radius 2 is 2.13 bits per heavy atom. The second-order valence-corrected chi connectivity index (χ2v) is 6.48. The standard InChI is InChI=1S/C16H22N4O2S/c1-4-9-20-15(22)18-19-16(20)23-10-14(21)17-13-8-6-5-7-12(13)11(2)3/h5-8,11H,4,9-10H2,1-3H3,(H,17,21)(H,18,22). The Morgan fingerprint density at radius 1 is 1.39 bits per heavy atom. The Morgan fingerprint density at radius 3 is 2.83 bits per heavy atom. The van der Waals surface area contributed by atoms with Crippen LogP contribution in [0.3, 0.4) is 0 Å². The molecule has 2 N–H and O–H groups in total. The Labute approximate surface area is 139 Å². The summed E-state index contributed by atoms with van der Waals surface area (Å²) in [5.41, 5.74) is 1.70. The molecule has 0 aliphatic heterocycles. The van der Waals surface area contributed by atoms with E-state index in [1.54, 1.807) is 4.57 Å². The minimum absolute atomic E-state index is 0.110. The van der Waals surface area contributed by atoms with E-state index >= 15 is 0 Å². The monoisotopic (exact) mass is 334 g/mol. The van der Waals surface area contributed by atoms with Crippen LogP contribution in [0.2, 0.25) is 0 Å². The molecule has 1 aromatic heterocycles. The van der Waals surface area contributed by atoms with Gasteiger partial charge >= 0.3 is 5.69 Å². The van der Waals surface area contributed by atoms with Crippen molar-refractivity contribution in [2.45, 2.75) is 44.8 Å². The molecule has 6 nitrogen and oxygen atoms in total. The first-order valence-corrected chi connectivity index (χ1v) is 8.68. The fraction of sp³-hybridized carbons (Fsp3) is 0.438. The lowest BCUT2D eigenvalue weighted by molar-refractivity contribution is -0.113. The number of amides is 1. The van der Waals surface area contributed by atoms with Gasteiger partial charge in [0.2, 0.25) is 5.91 Å². The van der Waals surface area contributed by atoms with E-state index in [-0.39, 0.29) is 17.3 Å². The molecule has 0 bridgehead atoms. The normalized spacial score (nSPS) is 11.0. The number of thioether (sulfide) groups is 1. The van der Waals surface area contributed by atoms with Crippen molar-refractivity contribution in [3.8, 4) is 0 Å². The number of para-hydroxylation sites is 1. The van der Waals surface area contributed by atoms with Gasteiger partial charge in [-0.15, -0.1) is 5.10 Å². The summed E-state index contributed by atoms with van der Waals surface area (Å²) in [7, 11) is 0. The first-order chi connectivity index (χ1) is 11.0. The van der Waals surface area contributed by atoms with Gasteiger partial charge in [-0.2, -0.15) is 0 Å². The summed E-state index contributed by atoms with van der Waals surface area (Å²) in [6.45, 7) is 6.76. The fourth-order valence-corrected chi connectivity index (χ4v) is 3.04. The van der Waals surface area contributed by atoms with Gasteiger partial charge in [0, 0.05) is 12.2 Å². The van der Waals surface area contributed by atoms with Crippen LogP contribution in [-0.2, 0) is 11.3 Å². The number of nitrogens with zero attached hydrogens (tertiary/aromatic N) is 2. The Kier molecular flexibility index (Phi) is 6.04. The summed E-state index contributed by atoms with van der Waals surface area (Å²) < 4.78 is 1.56. The molecule has 0 saturated heterocycles. The van der Waals surface area contributed by atoms with E-state index in [9.17, 15) is 9.59 Å². The molecule has 0 radical (unpaired) electrons. The van der Waals surface area contributed by atoms with Gasteiger partial charge in [-0.05, 0) is 24.0 Å². The molecule has 0 unspecified atom stereocenters. The van der Waals surface area contributed by atoms with Gasteiger partial charge < -0.3 is 5.32 Å². The number of carbonyl (C=O) groups excluding carboxylic acids is 1. The minimum Gasteiger partial charge on any atom is -0.325 e. The maximum atomic E-state index is 12.2. The molecule has 7 heteroatoms. The average Bonchev–Trinajstić information content (AvgIpc) is 2.87. The van der Waals surface area contributed by atoms with E-state index in [0.29, 0.717) is 17.6 Å². The highest BCUT2D eigenvalue weighted by molar-refractivity contribution is 7.99. The third-order valence-electron chi connectivity index (χ3n) is 3.36. The summed E-state index contributed by atoms with van der Waals surface area (Å²) >= 11 is 1.26. The third kappa shape index (κ3) is 4.48. The molecule has 124 valence electrons. The van der Waals surface area contributed by atoms with Crippen LogP contribution >= 0.6 is 11.8 Å². The number of nitrogens with one attached hydrogen (secondary N) is 2. The fourth-order valence-electron chi connectivity index (χ4n) is 2.26. The molecule has 1 aromatic carbocycles. The van der Waals surface area contributed by atoms with Crippen LogP contribution in [0, 0.1) is 0 Å². The molecule has 0 fully saturated rings. The van der Waals surface area contributed by atoms with E-state index in [2.05, 4.69) is 29.4 Å². The molecule has 0 aliphatic carbocycles. The molecule has 2 rings (SSSR count). The van der Waals surface area contributed by atoms with E-state index < -0.39 is 0 Å². The van der Waals surface area contributed by atoms with Gasteiger partial charge in [-0.3, -0.25) is 9.36 Å². The first kappa shape index (κ1) is 17.3. The Bertz CT molecular complexity index is 721. The highest BCUT2D eigenvalue weighted by Crippen LogP contribution is 2.24. The maximum Gasteiger partial charge on any atom is 0.343 e. The summed E-state index contributed by atoms with van der Waals surface area (Å²) in [6.07, 6.45) is 0.834. The minimum atomic E-state index is -0.236. The summed E-state index contributed by atoms with van der Waals surface area (Å²) in [6, 6.07) is 7.79. The van der Waals surface area contributed by atoms with Crippen molar-refractivity contribution in [2.75, 3.05) is 11.1 Å². The number of benzene rings is 1. The van der Waals surface area contributed by atoms with Crippen LogP contribution < -0.4 is 11.0 Å². The van der Waals surface area contributed by atoms with Crippen molar-refractivity contribution >= 4 is 23.4 Å². The predicted molar refractivity (Wildman–Crippen MR) is 93.0 cm³/mol. The molecule has 0 atom stereocenters. The highest BCUT2D eigenvalue weighted by atomic mass is 32.2. The zero-order valence-corrected chi connectivity index (χ0v) is 14.4. The number of rotatable bonds is 7. The maximum absolute atomic E-state index is 12.2. The number of H-pyrrole nitrogens is 1. The number of aromatic amines is 1. The molecule has 1 amide bonds. The van der Waals surface area contributed by atoms with Crippen molar-refractivity contribution in [3.63, 3.8) is 0 Å². The lowest BCUT2D eigenvalue weighted by Crippen LogP contribution is -2.19. The topological polar surface area (TPSA) is 79.8 Å². The largest absolute Gasteiger partial charge is 0.343 e. The van der Waals surface area contributed by atoms with Crippen LogP contribution in [0.15, 0.2) is 34.2 Å². The van der Waals surface area contributed by atoms with E-state index in [1.165, 1.54) is 11.8 Å². The van der Waals surface area contributed by atoms with E-state index in [0.717, 1.165) is 17.7 Å². The lowest BCUT2D eigenvalue weighted by Gasteiger charge is -2.13. The lowest BCUT2D eigenvalue weighted by atomic mass is 10.0. The van der Waals surface area contributed by atoms with Crippen molar-refractivity contribution in [1.82, 2.24) is 14.8 Å². The van der Waals surface area contributed by atoms with E-state index in [1.807, 2.05) is 31.2 Å². The van der Waals surface area contributed by atoms with Crippen molar-refractivity contribution in [3.05, 3.63) is 40.3 Å². The molecule has 0 saturated carbocycles. The van der Waals surface area contributed by atoms with Gasteiger partial charge in [0.15, 0.2) is 5.16 Å². The SMILES string of the molecule is CCCn1c(SCC(=O)Nc2ccccc2C(C)C)n[nH]c1=O. The summed E-state index contributed by atoms with van der Waals surface area (Å²) in [4.78, 5) is 23.8. The first-order valence-electron chi connectivity index (χ1n) is 7.69. The second kappa shape index (κ2) is 8.01. The molecule has 1 heterocycles. The van der Waals surface area contributed by atoms with Crippen LogP contribution in [0.5, 0.6) is 0 Å². The van der Waals surface area contributed by atoms with Gasteiger partial charge in [0.05, 0.1) is 5.75 Å². The Balaban J connectivity index is 2.00. The molecule has 0 spiro atoms. The average molecular weight is 334 g/mol.